The summed E-state index contributed by atoms with van der Waals surface area (Å²) in [5.41, 5.74) is 0. The third-order valence-electron chi connectivity index (χ3n) is 5.34. The van der Waals surface area contributed by atoms with E-state index in [-0.39, 0.29) is 0 Å². The number of likely N-dealkylation sites (tertiary alicyclic amines) is 1. The lowest BCUT2D eigenvalue weighted by atomic mass is 9.89. The summed E-state index contributed by atoms with van der Waals surface area (Å²) in [7, 11) is 0. The summed E-state index contributed by atoms with van der Waals surface area (Å²) < 4.78 is 5.97. The molecular weight excluding hydrogens is 250 g/mol. The summed E-state index contributed by atoms with van der Waals surface area (Å²) in [6, 6.07) is 0.789. The fourth-order valence-electron chi connectivity index (χ4n) is 4.17. The highest BCUT2D eigenvalue weighted by Crippen LogP contribution is 2.25. The van der Waals surface area contributed by atoms with Crippen LogP contribution in [0, 0.1) is 5.92 Å². The van der Waals surface area contributed by atoms with Gasteiger partial charge in [0.1, 0.15) is 0 Å². The van der Waals surface area contributed by atoms with E-state index in [1.807, 2.05) is 0 Å². The van der Waals surface area contributed by atoms with Crippen molar-refractivity contribution >= 4 is 0 Å². The smallest absolute Gasteiger partial charge is 0.0829 e. The molecule has 0 aliphatic carbocycles. The molecule has 0 aromatic heterocycles. The minimum Gasteiger partial charge on any atom is -0.374 e. The number of nitrogens with one attached hydrogen (secondary N) is 1. The van der Waals surface area contributed by atoms with E-state index in [2.05, 4.69) is 22.0 Å². The minimum atomic E-state index is 0.430. The van der Waals surface area contributed by atoms with Crippen molar-refractivity contribution in [1.29, 1.82) is 0 Å². The van der Waals surface area contributed by atoms with Crippen LogP contribution in [-0.4, -0.2) is 74.4 Å². The number of nitrogens with zero attached hydrogens (tertiary/aromatic N) is 2. The Morgan fingerprint density at radius 3 is 2.85 bits per heavy atom. The molecule has 4 nitrogen and oxygen atoms in total. The number of rotatable bonds is 4. The second-order valence-electron chi connectivity index (χ2n) is 6.75. The van der Waals surface area contributed by atoms with E-state index in [0.29, 0.717) is 6.10 Å². The molecule has 3 aliphatic heterocycles. The summed E-state index contributed by atoms with van der Waals surface area (Å²) in [6.45, 7) is 11.5. The minimum absolute atomic E-state index is 0.430. The van der Waals surface area contributed by atoms with E-state index in [1.54, 1.807) is 0 Å². The average molecular weight is 281 g/mol. The van der Waals surface area contributed by atoms with Crippen molar-refractivity contribution in [3.8, 4) is 0 Å². The predicted octanol–water partition coefficient (Wildman–Crippen LogP) is 1.17. The molecule has 3 heterocycles. The second-order valence-corrected chi connectivity index (χ2v) is 6.75. The molecule has 116 valence electrons. The van der Waals surface area contributed by atoms with Crippen molar-refractivity contribution in [1.82, 2.24) is 15.1 Å². The van der Waals surface area contributed by atoms with Gasteiger partial charge in [-0.1, -0.05) is 6.92 Å². The Morgan fingerprint density at radius 2 is 2.05 bits per heavy atom. The van der Waals surface area contributed by atoms with Crippen LogP contribution in [0.15, 0.2) is 0 Å². The normalized spacial score (nSPS) is 37.4. The van der Waals surface area contributed by atoms with Crippen molar-refractivity contribution in [2.75, 3.05) is 52.4 Å². The number of piperidine rings is 1. The van der Waals surface area contributed by atoms with Crippen LogP contribution in [0.4, 0.5) is 0 Å². The van der Waals surface area contributed by atoms with Crippen LogP contribution in [0.1, 0.15) is 32.6 Å². The molecule has 0 radical (unpaired) electrons. The Balaban J connectivity index is 1.47. The van der Waals surface area contributed by atoms with E-state index in [9.17, 15) is 0 Å². The lowest BCUT2D eigenvalue weighted by molar-refractivity contribution is -0.0470. The molecule has 3 atom stereocenters. The highest BCUT2D eigenvalue weighted by molar-refractivity contribution is 4.87. The third-order valence-corrected chi connectivity index (χ3v) is 5.34. The first-order valence-corrected chi connectivity index (χ1v) is 8.65. The van der Waals surface area contributed by atoms with Crippen LogP contribution in [0.25, 0.3) is 0 Å². The van der Waals surface area contributed by atoms with Crippen LogP contribution in [0.3, 0.4) is 0 Å². The highest BCUT2D eigenvalue weighted by atomic mass is 16.5. The Kier molecular flexibility index (Phi) is 5.32. The number of morpholine rings is 1. The molecule has 0 aromatic rings. The van der Waals surface area contributed by atoms with Crippen molar-refractivity contribution in [2.24, 2.45) is 5.92 Å². The van der Waals surface area contributed by atoms with E-state index < -0.39 is 0 Å². The topological polar surface area (TPSA) is 27.7 Å². The molecule has 20 heavy (non-hydrogen) atoms. The number of likely N-dealkylation sites (N-methyl/N-ethyl adjacent to an activating group) is 1. The summed E-state index contributed by atoms with van der Waals surface area (Å²) in [5.74, 6) is 0.872. The molecule has 0 bridgehead atoms. The molecule has 0 aromatic carbocycles. The van der Waals surface area contributed by atoms with Gasteiger partial charge in [-0.05, 0) is 51.2 Å². The standard InChI is InChI=1S/C16H31N3O/c1-2-18-9-10-20-15(12-18)13-19-8-4-5-14(11-19)16-6-3-7-17-16/h14-17H,2-13H2,1H3. The molecule has 0 amide bonds. The van der Waals surface area contributed by atoms with Gasteiger partial charge in [-0.25, -0.2) is 0 Å². The lowest BCUT2D eigenvalue weighted by Gasteiger charge is -2.39. The Labute approximate surface area is 123 Å². The van der Waals surface area contributed by atoms with E-state index >= 15 is 0 Å². The number of ether oxygens (including phenoxy) is 1. The Hall–Kier alpha value is -0.160. The SMILES string of the molecule is CCN1CCOC(CN2CCCC(C3CCCN3)C2)C1. The van der Waals surface area contributed by atoms with Crippen LogP contribution < -0.4 is 5.32 Å². The van der Waals surface area contributed by atoms with Gasteiger partial charge in [0.05, 0.1) is 12.7 Å². The largest absolute Gasteiger partial charge is 0.374 e. The van der Waals surface area contributed by atoms with Gasteiger partial charge < -0.3 is 15.0 Å². The third kappa shape index (κ3) is 3.73. The van der Waals surface area contributed by atoms with Gasteiger partial charge >= 0.3 is 0 Å². The molecule has 3 aliphatic rings. The van der Waals surface area contributed by atoms with Gasteiger partial charge in [0, 0.05) is 32.2 Å². The van der Waals surface area contributed by atoms with Crippen LogP contribution in [0.2, 0.25) is 0 Å². The van der Waals surface area contributed by atoms with Crippen molar-refractivity contribution in [2.45, 2.75) is 44.8 Å². The first kappa shape index (κ1) is 14.8. The quantitative estimate of drug-likeness (QED) is 0.837. The van der Waals surface area contributed by atoms with E-state index in [4.69, 9.17) is 4.74 Å². The van der Waals surface area contributed by atoms with Gasteiger partial charge in [-0.2, -0.15) is 0 Å². The first-order valence-electron chi connectivity index (χ1n) is 8.65. The van der Waals surface area contributed by atoms with Gasteiger partial charge in [0.15, 0.2) is 0 Å². The molecule has 3 rings (SSSR count). The summed E-state index contributed by atoms with van der Waals surface area (Å²) in [5, 5.41) is 3.70. The summed E-state index contributed by atoms with van der Waals surface area (Å²) in [4.78, 5) is 5.19. The van der Waals surface area contributed by atoms with Crippen molar-refractivity contribution in [3.05, 3.63) is 0 Å². The summed E-state index contributed by atoms with van der Waals surface area (Å²) in [6.07, 6.45) is 5.98. The molecule has 3 unspecified atom stereocenters. The maximum absolute atomic E-state index is 5.97. The monoisotopic (exact) mass is 281 g/mol. The zero-order valence-electron chi connectivity index (χ0n) is 13.0. The molecule has 1 N–H and O–H groups in total. The van der Waals surface area contributed by atoms with Gasteiger partial charge in [0.2, 0.25) is 0 Å². The fourth-order valence-corrected chi connectivity index (χ4v) is 4.17. The summed E-state index contributed by atoms with van der Waals surface area (Å²) >= 11 is 0. The predicted molar refractivity (Wildman–Crippen MR) is 82.0 cm³/mol. The Bertz CT molecular complexity index is 293. The van der Waals surface area contributed by atoms with Crippen LogP contribution in [-0.2, 0) is 4.74 Å². The number of hydrogen-bond acceptors (Lipinski definition) is 4. The average Bonchev–Trinajstić information content (AvgIpc) is 3.02. The molecule has 0 saturated carbocycles. The first-order chi connectivity index (χ1) is 9.85. The van der Waals surface area contributed by atoms with Gasteiger partial charge in [-0.15, -0.1) is 0 Å². The van der Waals surface area contributed by atoms with E-state index in [1.165, 1.54) is 45.3 Å². The van der Waals surface area contributed by atoms with Crippen molar-refractivity contribution < 1.29 is 4.74 Å². The zero-order chi connectivity index (χ0) is 13.8. The van der Waals surface area contributed by atoms with Crippen LogP contribution >= 0.6 is 0 Å². The zero-order valence-corrected chi connectivity index (χ0v) is 13.0. The molecule has 3 fully saturated rings. The maximum atomic E-state index is 5.97. The second kappa shape index (κ2) is 7.21. The Morgan fingerprint density at radius 1 is 1.10 bits per heavy atom. The molecular formula is C16H31N3O. The molecule has 3 saturated heterocycles. The highest BCUT2D eigenvalue weighted by Gasteiger charge is 2.30. The fraction of sp³-hybridized carbons (Fsp3) is 1.00. The maximum Gasteiger partial charge on any atom is 0.0829 e. The van der Waals surface area contributed by atoms with Crippen molar-refractivity contribution in [3.63, 3.8) is 0 Å². The number of hydrogen-bond donors (Lipinski definition) is 1. The lowest BCUT2D eigenvalue weighted by Crippen LogP contribution is -2.50. The molecule has 4 heteroatoms. The van der Waals surface area contributed by atoms with Crippen LogP contribution in [0.5, 0.6) is 0 Å². The molecule has 0 spiro atoms. The van der Waals surface area contributed by atoms with Gasteiger partial charge in [0.25, 0.3) is 0 Å². The van der Waals surface area contributed by atoms with E-state index in [0.717, 1.165) is 44.7 Å². The van der Waals surface area contributed by atoms with Gasteiger partial charge in [-0.3, -0.25) is 4.90 Å².